The van der Waals surface area contributed by atoms with Crippen LogP contribution in [0.4, 0.5) is 0 Å². The van der Waals surface area contributed by atoms with Crippen LogP contribution < -0.4 is 5.73 Å². The lowest BCUT2D eigenvalue weighted by Crippen LogP contribution is -2.26. The van der Waals surface area contributed by atoms with Crippen molar-refractivity contribution in [1.82, 2.24) is 9.88 Å². The summed E-state index contributed by atoms with van der Waals surface area (Å²) >= 11 is 0. The quantitative estimate of drug-likeness (QED) is 0.633. The molecule has 1 aromatic heterocycles. The second kappa shape index (κ2) is 5.96. The summed E-state index contributed by atoms with van der Waals surface area (Å²) < 4.78 is 0. The van der Waals surface area contributed by atoms with Gasteiger partial charge in [0.1, 0.15) is 11.5 Å². The van der Waals surface area contributed by atoms with Gasteiger partial charge in [-0.15, -0.1) is 0 Å². The molecule has 0 aromatic carbocycles. The molecule has 2 rings (SSSR count). The minimum absolute atomic E-state index is 0.0637. The Labute approximate surface area is 109 Å². The second-order valence-electron chi connectivity index (χ2n) is 5.24. The Morgan fingerprint density at radius 3 is 3.11 bits per heavy atom. The molecule has 1 unspecified atom stereocenters. The van der Waals surface area contributed by atoms with Gasteiger partial charge in [-0.3, -0.25) is 15.3 Å². The Kier molecular flexibility index (Phi) is 4.31. The summed E-state index contributed by atoms with van der Waals surface area (Å²) in [6.07, 6.45) is 5.54. The molecular weight excluding hydrogens is 224 g/mol. The minimum Gasteiger partial charge on any atom is -0.382 e. The average molecular weight is 246 g/mol. The number of hydrogen-bond donors (Lipinski definition) is 2. The zero-order valence-electron chi connectivity index (χ0n) is 11.0. The Hall–Kier alpha value is -1.42. The minimum atomic E-state index is 0.0637. The van der Waals surface area contributed by atoms with E-state index in [1.165, 1.54) is 19.3 Å². The van der Waals surface area contributed by atoms with E-state index in [1.54, 1.807) is 6.20 Å². The predicted molar refractivity (Wildman–Crippen MR) is 73.5 cm³/mol. The number of hydrogen-bond acceptors (Lipinski definition) is 3. The van der Waals surface area contributed by atoms with E-state index in [1.807, 2.05) is 12.1 Å². The van der Waals surface area contributed by atoms with E-state index in [2.05, 4.69) is 16.8 Å². The van der Waals surface area contributed by atoms with Gasteiger partial charge in [-0.1, -0.05) is 13.0 Å². The molecule has 3 N–H and O–H groups in total. The Morgan fingerprint density at radius 2 is 2.33 bits per heavy atom. The molecule has 0 aliphatic carbocycles. The summed E-state index contributed by atoms with van der Waals surface area (Å²) in [4.78, 5) is 6.66. The maximum Gasteiger partial charge on any atom is 0.142 e. The predicted octanol–water partition coefficient (Wildman–Crippen LogP) is 1.99. The van der Waals surface area contributed by atoms with Gasteiger partial charge < -0.3 is 5.73 Å². The van der Waals surface area contributed by atoms with E-state index in [4.69, 9.17) is 11.1 Å². The molecule has 0 radical (unpaired) electrons. The highest BCUT2D eigenvalue weighted by molar-refractivity contribution is 5.94. The Bertz CT molecular complexity index is 416. The lowest BCUT2D eigenvalue weighted by Gasteiger charge is -2.21. The molecule has 1 aliphatic heterocycles. The van der Waals surface area contributed by atoms with Gasteiger partial charge in [-0.25, -0.2) is 0 Å². The molecule has 1 saturated heterocycles. The van der Waals surface area contributed by atoms with Crippen LogP contribution in [0.15, 0.2) is 18.3 Å². The van der Waals surface area contributed by atoms with Crippen LogP contribution in [0.5, 0.6) is 0 Å². The smallest absolute Gasteiger partial charge is 0.142 e. The monoisotopic (exact) mass is 246 g/mol. The average Bonchev–Trinajstić information content (AvgIpc) is 2.55. The third-order valence-corrected chi connectivity index (χ3v) is 3.65. The van der Waals surface area contributed by atoms with Crippen LogP contribution in [0.1, 0.15) is 37.4 Å². The van der Waals surface area contributed by atoms with Crippen molar-refractivity contribution in [3.63, 3.8) is 0 Å². The SMILES string of the molecule is CC1CCCN(Cc2cccnc2C(=N)N)CC1. The number of nitrogens with two attached hydrogens (primary N) is 1. The van der Waals surface area contributed by atoms with Crippen LogP contribution in [0.2, 0.25) is 0 Å². The number of nitrogen functional groups attached to an aromatic ring is 1. The molecule has 1 aliphatic rings. The van der Waals surface area contributed by atoms with Gasteiger partial charge in [0.25, 0.3) is 0 Å². The number of amidine groups is 1. The van der Waals surface area contributed by atoms with Crippen molar-refractivity contribution in [1.29, 1.82) is 5.41 Å². The summed E-state index contributed by atoms with van der Waals surface area (Å²) in [5.74, 6) is 0.893. The zero-order valence-corrected chi connectivity index (χ0v) is 11.0. The summed E-state index contributed by atoms with van der Waals surface area (Å²) in [7, 11) is 0. The molecule has 2 heterocycles. The zero-order chi connectivity index (χ0) is 13.0. The van der Waals surface area contributed by atoms with Crippen molar-refractivity contribution in [2.24, 2.45) is 11.7 Å². The van der Waals surface area contributed by atoms with E-state index >= 15 is 0 Å². The fraction of sp³-hybridized carbons (Fsp3) is 0.571. The number of likely N-dealkylation sites (tertiary alicyclic amines) is 1. The summed E-state index contributed by atoms with van der Waals surface area (Å²) in [6, 6.07) is 3.94. The number of nitrogens with one attached hydrogen (secondary N) is 1. The third kappa shape index (κ3) is 3.29. The van der Waals surface area contributed by atoms with Crippen molar-refractivity contribution in [2.45, 2.75) is 32.7 Å². The Balaban J connectivity index is 2.06. The largest absolute Gasteiger partial charge is 0.382 e. The Morgan fingerprint density at radius 1 is 1.50 bits per heavy atom. The van der Waals surface area contributed by atoms with Gasteiger partial charge in [0, 0.05) is 12.7 Å². The first-order valence-corrected chi connectivity index (χ1v) is 6.67. The van der Waals surface area contributed by atoms with E-state index in [0.717, 1.165) is 31.1 Å². The maximum absolute atomic E-state index is 7.57. The first-order chi connectivity index (χ1) is 8.66. The second-order valence-corrected chi connectivity index (χ2v) is 5.24. The van der Waals surface area contributed by atoms with Gasteiger partial charge in [-0.05, 0) is 49.9 Å². The van der Waals surface area contributed by atoms with Crippen molar-refractivity contribution in [3.05, 3.63) is 29.6 Å². The normalized spacial score (nSPS) is 21.5. The van der Waals surface area contributed by atoms with Crippen molar-refractivity contribution >= 4 is 5.84 Å². The first kappa shape index (κ1) is 13.0. The summed E-state index contributed by atoms with van der Waals surface area (Å²) in [5, 5.41) is 7.57. The van der Waals surface area contributed by atoms with Gasteiger partial charge in [0.2, 0.25) is 0 Å². The molecular formula is C14H22N4. The lowest BCUT2D eigenvalue weighted by atomic mass is 10.0. The molecule has 4 nitrogen and oxygen atoms in total. The highest BCUT2D eigenvalue weighted by Gasteiger charge is 2.16. The summed E-state index contributed by atoms with van der Waals surface area (Å²) in [5.41, 5.74) is 7.28. The van der Waals surface area contributed by atoms with Gasteiger partial charge in [0.05, 0.1) is 0 Å². The lowest BCUT2D eigenvalue weighted by molar-refractivity contribution is 0.273. The highest BCUT2D eigenvalue weighted by atomic mass is 15.1. The standard InChI is InChI=1S/C14H22N4/c1-11-4-3-8-18(9-6-11)10-12-5-2-7-17-13(12)14(15)16/h2,5,7,11H,3-4,6,8-10H2,1H3,(H3,15,16). The van der Waals surface area contributed by atoms with E-state index < -0.39 is 0 Å². The number of nitrogens with zero attached hydrogens (tertiary/aromatic N) is 2. The fourth-order valence-corrected chi connectivity index (χ4v) is 2.53. The maximum atomic E-state index is 7.57. The van der Waals surface area contributed by atoms with Crippen molar-refractivity contribution < 1.29 is 0 Å². The molecule has 4 heteroatoms. The first-order valence-electron chi connectivity index (χ1n) is 6.67. The van der Waals surface area contributed by atoms with E-state index in [-0.39, 0.29) is 5.84 Å². The molecule has 1 fully saturated rings. The molecule has 98 valence electrons. The van der Waals surface area contributed by atoms with Crippen LogP contribution in [-0.4, -0.2) is 28.8 Å². The van der Waals surface area contributed by atoms with E-state index in [0.29, 0.717) is 5.69 Å². The fourth-order valence-electron chi connectivity index (χ4n) is 2.53. The van der Waals surface area contributed by atoms with Crippen molar-refractivity contribution in [3.8, 4) is 0 Å². The number of pyridine rings is 1. The molecule has 0 spiro atoms. The van der Waals surface area contributed by atoms with Crippen molar-refractivity contribution in [2.75, 3.05) is 13.1 Å². The molecule has 0 bridgehead atoms. The molecule has 1 atom stereocenters. The van der Waals surface area contributed by atoms with E-state index in [9.17, 15) is 0 Å². The third-order valence-electron chi connectivity index (χ3n) is 3.65. The summed E-state index contributed by atoms with van der Waals surface area (Å²) in [6.45, 7) is 5.45. The molecule has 0 saturated carbocycles. The topological polar surface area (TPSA) is 66.0 Å². The highest BCUT2D eigenvalue weighted by Crippen LogP contribution is 2.18. The van der Waals surface area contributed by atoms with Crippen LogP contribution >= 0.6 is 0 Å². The van der Waals surface area contributed by atoms with Gasteiger partial charge in [-0.2, -0.15) is 0 Å². The van der Waals surface area contributed by atoms with Crippen LogP contribution in [-0.2, 0) is 6.54 Å². The number of aromatic nitrogens is 1. The van der Waals surface area contributed by atoms with Crippen LogP contribution in [0.25, 0.3) is 0 Å². The van der Waals surface area contributed by atoms with Crippen LogP contribution in [0, 0.1) is 11.3 Å². The molecule has 0 amide bonds. The van der Waals surface area contributed by atoms with Gasteiger partial charge in [0.15, 0.2) is 0 Å². The van der Waals surface area contributed by atoms with Crippen LogP contribution in [0.3, 0.4) is 0 Å². The van der Waals surface area contributed by atoms with Gasteiger partial charge >= 0.3 is 0 Å². The molecule has 1 aromatic rings. The molecule has 18 heavy (non-hydrogen) atoms. The number of rotatable bonds is 3.